The molecule has 2 N–H and O–H groups in total. The van der Waals surface area contributed by atoms with Crippen LogP contribution >= 0.6 is 0 Å². The van der Waals surface area contributed by atoms with Gasteiger partial charge in [-0.3, -0.25) is 9.59 Å². The largest absolute Gasteiger partial charge is 0.349 e. The fourth-order valence-corrected chi connectivity index (χ4v) is 2.35. The Kier molecular flexibility index (Phi) is 4.20. The highest BCUT2D eigenvalue weighted by Gasteiger charge is 2.19. The van der Waals surface area contributed by atoms with Gasteiger partial charge in [0.15, 0.2) is 0 Å². The van der Waals surface area contributed by atoms with Gasteiger partial charge in [-0.25, -0.2) is 0 Å². The van der Waals surface area contributed by atoms with Gasteiger partial charge in [0, 0.05) is 17.3 Å². The Balaban J connectivity index is 2.08. The van der Waals surface area contributed by atoms with Crippen molar-refractivity contribution in [2.45, 2.75) is 45.6 Å². The topological polar surface area (TPSA) is 58.2 Å². The van der Waals surface area contributed by atoms with Crippen LogP contribution in [0, 0.1) is 0 Å². The van der Waals surface area contributed by atoms with Gasteiger partial charge in [-0.15, -0.1) is 0 Å². The maximum Gasteiger partial charge on any atom is 0.251 e. The van der Waals surface area contributed by atoms with Crippen LogP contribution in [0.15, 0.2) is 18.2 Å². The molecule has 0 radical (unpaired) electrons. The zero-order chi connectivity index (χ0) is 13.8. The van der Waals surface area contributed by atoms with Gasteiger partial charge < -0.3 is 10.6 Å². The highest BCUT2D eigenvalue weighted by molar-refractivity contribution is 6.02. The second kappa shape index (κ2) is 5.87. The normalized spacial score (nSPS) is 14.7. The molecule has 1 aromatic rings. The monoisotopic (exact) mass is 260 g/mol. The van der Waals surface area contributed by atoms with Crippen molar-refractivity contribution in [1.29, 1.82) is 0 Å². The standard InChI is InChI=1S/C15H20N2O2/c1-3-5-12(4-2)16-15(19)11-7-6-10-9-14(18)17-13(10)8-11/h6-8,12H,3-5,9H2,1-2H3,(H,16,19)(H,17,18). The number of hydrogen-bond acceptors (Lipinski definition) is 2. The van der Waals surface area contributed by atoms with Crippen molar-refractivity contribution in [3.05, 3.63) is 29.3 Å². The lowest BCUT2D eigenvalue weighted by Gasteiger charge is -2.16. The third kappa shape index (κ3) is 3.13. The summed E-state index contributed by atoms with van der Waals surface area (Å²) in [6.45, 7) is 4.18. The van der Waals surface area contributed by atoms with E-state index in [1.807, 2.05) is 6.07 Å². The summed E-state index contributed by atoms with van der Waals surface area (Å²) in [5.74, 6) is -0.0748. The first kappa shape index (κ1) is 13.6. The Hall–Kier alpha value is -1.84. The van der Waals surface area contributed by atoms with E-state index in [1.165, 1.54) is 0 Å². The predicted molar refractivity (Wildman–Crippen MR) is 75.2 cm³/mol. The number of rotatable bonds is 5. The van der Waals surface area contributed by atoms with Crippen molar-refractivity contribution in [1.82, 2.24) is 5.32 Å². The molecule has 0 saturated carbocycles. The molecule has 0 aliphatic carbocycles. The Morgan fingerprint density at radius 3 is 2.89 bits per heavy atom. The van der Waals surface area contributed by atoms with Gasteiger partial charge in [0.1, 0.15) is 0 Å². The minimum atomic E-state index is -0.0655. The Morgan fingerprint density at radius 1 is 1.42 bits per heavy atom. The molecule has 1 aromatic carbocycles. The number of benzene rings is 1. The molecule has 1 heterocycles. The first-order chi connectivity index (χ1) is 9.13. The lowest BCUT2D eigenvalue weighted by Crippen LogP contribution is -2.34. The molecule has 2 rings (SSSR count). The SMILES string of the molecule is CCCC(CC)NC(=O)c1ccc2c(c1)NC(=O)C2. The molecule has 0 aromatic heterocycles. The molecule has 102 valence electrons. The van der Waals surface area contributed by atoms with E-state index in [0.29, 0.717) is 12.0 Å². The van der Waals surface area contributed by atoms with E-state index in [-0.39, 0.29) is 17.9 Å². The van der Waals surface area contributed by atoms with Crippen molar-refractivity contribution in [3.63, 3.8) is 0 Å². The third-order valence-electron chi connectivity index (χ3n) is 3.46. The van der Waals surface area contributed by atoms with Crippen molar-refractivity contribution < 1.29 is 9.59 Å². The van der Waals surface area contributed by atoms with E-state index in [0.717, 1.165) is 30.5 Å². The van der Waals surface area contributed by atoms with Crippen molar-refractivity contribution in [2.24, 2.45) is 0 Å². The third-order valence-corrected chi connectivity index (χ3v) is 3.46. The van der Waals surface area contributed by atoms with E-state index in [2.05, 4.69) is 24.5 Å². The first-order valence-corrected chi connectivity index (χ1v) is 6.87. The number of amides is 2. The molecule has 4 heteroatoms. The molecular weight excluding hydrogens is 240 g/mol. The average molecular weight is 260 g/mol. The highest BCUT2D eigenvalue weighted by atomic mass is 16.2. The van der Waals surface area contributed by atoms with Gasteiger partial charge in [-0.05, 0) is 30.5 Å². The average Bonchev–Trinajstić information content (AvgIpc) is 2.76. The molecule has 1 unspecified atom stereocenters. The van der Waals surface area contributed by atoms with E-state index in [9.17, 15) is 9.59 Å². The maximum absolute atomic E-state index is 12.1. The molecule has 0 spiro atoms. The number of hydrogen-bond donors (Lipinski definition) is 2. The summed E-state index contributed by atoms with van der Waals surface area (Å²) in [6, 6.07) is 5.62. The second-order valence-electron chi connectivity index (χ2n) is 4.96. The van der Waals surface area contributed by atoms with Crippen LogP contribution in [-0.2, 0) is 11.2 Å². The lowest BCUT2D eigenvalue weighted by molar-refractivity contribution is -0.115. The lowest BCUT2D eigenvalue weighted by atomic mass is 10.1. The van der Waals surface area contributed by atoms with E-state index in [4.69, 9.17) is 0 Å². The molecule has 0 saturated heterocycles. The summed E-state index contributed by atoms with van der Waals surface area (Å²) >= 11 is 0. The Morgan fingerprint density at radius 2 is 2.21 bits per heavy atom. The fourth-order valence-electron chi connectivity index (χ4n) is 2.35. The number of nitrogens with one attached hydrogen (secondary N) is 2. The van der Waals surface area contributed by atoms with Crippen LogP contribution < -0.4 is 10.6 Å². The van der Waals surface area contributed by atoms with E-state index < -0.39 is 0 Å². The maximum atomic E-state index is 12.1. The number of carbonyl (C=O) groups excluding carboxylic acids is 2. The summed E-state index contributed by atoms with van der Waals surface area (Å²) in [5.41, 5.74) is 2.33. The summed E-state index contributed by atoms with van der Waals surface area (Å²) in [6.07, 6.45) is 3.38. The highest BCUT2D eigenvalue weighted by Crippen LogP contribution is 2.24. The summed E-state index contributed by atoms with van der Waals surface area (Å²) in [7, 11) is 0. The Bertz CT molecular complexity index is 497. The van der Waals surface area contributed by atoms with Gasteiger partial charge >= 0.3 is 0 Å². The van der Waals surface area contributed by atoms with Crippen LogP contribution in [0.1, 0.15) is 49.0 Å². The van der Waals surface area contributed by atoms with Crippen molar-refractivity contribution >= 4 is 17.5 Å². The van der Waals surface area contributed by atoms with Gasteiger partial charge in [-0.1, -0.05) is 26.3 Å². The van der Waals surface area contributed by atoms with Crippen LogP contribution in [0.3, 0.4) is 0 Å². The summed E-state index contributed by atoms with van der Waals surface area (Å²) in [4.78, 5) is 23.4. The van der Waals surface area contributed by atoms with E-state index in [1.54, 1.807) is 12.1 Å². The zero-order valence-electron chi connectivity index (χ0n) is 11.5. The van der Waals surface area contributed by atoms with E-state index >= 15 is 0 Å². The molecular formula is C15H20N2O2. The van der Waals surface area contributed by atoms with Crippen LogP contribution in [0.25, 0.3) is 0 Å². The van der Waals surface area contributed by atoms with Crippen LogP contribution in [0.4, 0.5) is 5.69 Å². The van der Waals surface area contributed by atoms with Crippen LogP contribution in [-0.4, -0.2) is 17.9 Å². The molecule has 0 fully saturated rings. The fraction of sp³-hybridized carbons (Fsp3) is 0.467. The number of fused-ring (bicyclic) bond motifs is 1. The summed E-state index contributed by atoms with van der Waals surface area (Å²) < 4.78 is 0. The van der Waals surface area contributed by atoms with Crippen LogP contribution in [0.5, 0.6) is 0 Å². The van der Waals surface area contributed by atoms with Gasteiger partial charge in [0.05, 0.1) is 6.42 Å². The minimum absolute atomic E-state index is 0.00928. The second-order valence-corrected chi connectivity index (χ2v) is 4.96. The van der Waals surface area contributed by atoms with Crippen molar-refractivity contribution in [3.8, 4) is 0 Å². The molecule has 1 aliphatic heterocycles. The van der Waals surface area contributed by atoms with Crippen LogP contribution in [0.2, 0.25) is 0 Å². The molecule has 0 bridgehead atoms. The quantitative estimate of drug-likeness (QED) is 0.854. The summed E-state index contributed by atoms with van der Waals surface area (Å²) in [5, 5.41) is 5.80. The first-order valence-electron chi connectivity index (χ1n) is 6.87. The molecule has 19 heavy (non-hydrogen) atoms. The predicted octanol–water partition coefficient (Wildman–Crippen LogP) is 2.49. The number of carbonyl (C=O) groups is 2. The molecule has 1 atom stereocenters. The molecule has 2 amide bonds. The van der Waals surface area contributed by atoms with Crippen molar-refractivity contribution in [2.75, 3.05) is 5.32 Å². The minimum Gasteiger partial charge on any atom is -0.349 e. The zero-order valence-corrected chi connectivity index (χ0v) is 11.5. The van der Waals surface area contributed by atoms with Gasteiger partial charge in [-0.2, -0.15) is 0 Å². The number of anilines is 1. The Labute approximate surface area is 113 Å². The van der Waals surface area contributed by atoms with Gasteiger partial charge in [0.2, 0.25) is 5.91 Å². The smallest absolute Gasteiger partial charge is 0.251 e. The molecule has 1 aliphatic rings. The van der Waals surface area contributed by atoms with Gasteiger partial charge in [0.25, 0.3) is 5.91 Å². The molecule has 4 nitrogen and oxygen atoms in total.